The molecule has 4 heteroatoms. The number of methoxy groups -OCH3 is 2. The van der Waals surface area contributed by atoms with Gasteiger partial charge in [0.05, 0.1) is 19.9 Å². The van der Waals surface area contributed by atoms with Gasteiger partial charge in [0.15, 0.2) is 0 Å². The average molecular weight is 286 g/mol. The second-order valence-electron chi connectivity index (χ2n) is 4.74. The molecule has 1 N–H and O–H groups in total. The first-order chi connectivity index (χ1) is 10.3. The Morgan fingerprint density at radius 2 is 1.90 bits per heavy atom. The molecule has 0 radical (unpaired) electrons. The van der Waals surface area contributed by atoms with Crippen LogP contribution in [0, 0.1) is 0 Å². The van der Waals surface area contributed by atoms with Crippen LogP contribution in [0.4, 0.5) is 0 Å². The number of hydrogen-bond donors (Lipinski definition) is 1. The Bertz CT molecular complexity index is 585. The molecule has 112 valence electrons. The van der Waals surface area contributed by atoms with Crippen LogP contribution in [0.3, 0.4) is 0 Å². The highest BCUT2D eigenvalue weighted by atomic mass is 16.5. The quantitative estimate of drug-likeness (QED) is 0.850. The van der Waals surface area contributed by atoms with E-state index in [0.717, 1.165) is 42.3 Å². The number of nitrogens with one attached hydrogen (secondary N) is 1. The lowest BCUT2D eigenvalue weighted by molar-refractivity contribution is 0.389. The van der Waals surface area contributed by atoms with Gasteiger partial charge in [-0.2, -0.15) is 0 Å². The summed E-state index contributed by atoms with van der Waals surface area (Å²) in [5, 5.41) is 3.42. The van der Waals surface area contributed by atoms with Crippen molar-refractivity contribution in [1.82, 2.24) is 10.3 Å². The van der Waals surface area contributed by atoms with Crippen molar-refractivity contribution in [3.63, 3.8) is 0 Å². The fourth-order valence-corrected chi connectivity index (χ4v) is 2.27. The molecule has 0 aliphatic rings. The number of hydrogen-bond acceptors (Lipinski definition) is 4. The summed E-state index contributed by atoms with van der Waals surface area (Å²) in [6, 6.07) is 9.96. The van der Waals surface area contributed by atoms with E-state index < -0.39 is 0 Å². The van der Waals surface area contributed by atoms with E-state index in [2.05, 4.69) is 23.3 Å². The maximum Gasteiger partial charge on any atom is 0.127 e. The van der Waals surface area contributed by atoms with Crippen LogP contribution in [0.15, 0.2) is 36.5 Å². The van der Waals surface area contributed by atoms with E-state index in [1.165, 1.54) is 5.56 Å². The van der Waals surface area contributed by atoms with Crippen LogP contribution in [-0.4, -0.2) is 19.2 Å². The molecule has 0 aliphatic heterocycles. The van der Waals surface area contributed by atoms with Gasteiger partial charge in [0, 0.05) is 30.9 Å². The Balaban J connectivity index is 2.00. The third kappa shape index (κ3) is 3.95. The topological polar surface area (TPSA) is 43.4 Å². The van der Waals surface area contributed by atoms with Crippen molar-refractivity contribution in [3.8, 4) is 11.5 Å². The first-order valence-corrected chi connectivity index (χ1v) is 7.12. The molecule has 0 unspecified atom stereocenters. The molecule has 0 bridgehead atoms. The summed E-state index contributed by atoms with van der Waals surface area (Å²) in [7, 11) is 3.33. The monoisotopic (exact) mass is 286 g/mol. The Hall–Kier alpha value is -2.07. The smallest absolute Gasteiger partial charge is 0.127 e. The lowest BCUT2D eigenvalue weighted by atomic mass is 10.1. The van der Waals surface area contributed by atoms with E-state index in [1.807, 2.05) is 30.5 Å². The van der Waals surface area contributed by atoms with Gasteiger partial charge in [-0.05, 0) is 24.1 Å². The molecule has 2 aromatic rings. The Morgan fingerprint density at radius 3 is 2.62 bits per heavy atom. The second kappa shape index (κ2) is 7.64. The van der Waals surface area contributed by atoms with Gasteiger partial charge in [-0.15, -0.1) is 0 Å². The van der Waals surface area contributed by atoms with Crippen molar-refractivity contribution in [3.05, 3.63) is 53.3 Å². The summed E-state index contributed by atoms with van der Waals surface area (Å²) >= 11 is 0. The van der Waals surface area contributed by atoms with E-state index in [-0.39, 0.29) is 0 Å². The standard InChI is InChI=1S/C17H22N2O2/c1-4-13-6-5-9-19-16(13)12-18-11-14-7-8-15(20-2)10-17(14)21-3/h5-10,18H,4,11-12H2,1-3H3. The molecular formula is C17H22N2O2. The molecule has 0 atom stereocenters. The van der Waals surface area contributed by atoms with Gasteiger partial charge in [0.1, 0.15) is 11.5 Å². The van der Waals surface area contributed by atoms with Crippen LogP contribution in [-0.2, 0) is 19.5 Å². The number of aryl methyl sites for hydroxylation is 1. The first-order valence-electron chi connectivity index (χ1n) is 7.12. The zero-order chi connectivity index (χ0) is 15.1. The Kier molecular flexibility index (Phi) is 5.58. The lowest BCUT2D eigenvalue weighted by Crippen LogP contribution is -2.15. The molecule has 0 spiro atoms. The van der Waals surface area contributed by atoms with Crippen LogP contribution in [0.1, 0.15) is 23.7 Å². The third-order valence-electron chi connectivity index (χ3n) is 3.47. The van der Waals surface area contributed by atoms with E-state index >= 15 is 0 Å². The molecule has 0 amide bonds. The number of rotatable bonds is 7. The van der Waals surface area contributed by atoms with Crippen LogP contribution < -0.4 is 14.8 Å². The van der Waals surface area contributed by atoms with E-state index in [4.69, 9.17) is 9.47 Å². The number of ether oxygens (including phenoxy) is 2. The molecule has 0 fully saturated rings. The number of benzene rings is 1. The SMILES string of the molecule is CCc1cccnc1CNCc1ccc(OC)cc1OC. The van der Waals surface area contributed by atoms with Crippen LogP contribution in [0.5, 0.6) is 11.5 Å². The van der Waals surface area contributed by atoms with Crippen molar-refractivity contribution in [1.29, 1.82) is 0 Å². The normalized spacial score (nSPS) is 10.4. The van der Waals surface area contributed by atoms with Gasteiger partial charge in [-0.25, -0.2) is 0 Å². The third-order valence-corrected chi connectivity index (χ3v) is 3.47. The fraction of sp³-hybridized carbons (Fsp3) is 0.353. The first kappa shape index (κ1) is 15.3. The number of aromatic nitrogens is 1. The maximum atomic E-state index is 5.40. The maximum absolute atomic E-state index is 5.40. The number of nitrogens with zero attached hydrogens (tertiary/aromatic N) is 1. The van der Waals surface area contributed by atoms with Gasteiger partial charge in [-0.3, -0.25) is 4.98 Å². The van der Waals surface area contributed by atoms with Crippen LogP contribution >= 0.6 is 0 Å². The molecule has 4 nitrogen and oxygen atoms in total. The van der Waals surface area contributed by atoms with E-state index in [1.54, 1.807) is 14.2 Å². The fourth-order valence-electron chi connectivity index (χ4n) is 2.27. The molecule has 2 rings (SSSR count). The summed E-state index contributed by atoms with van der Waals surface area (Å²) in [4.78, 5) is 4.44. The predicted octanol–water partition coefficient (Wildman–Crippen LogP) is 2.95. The van der Waals surface area contributed by atoms with E-state index in [0.29, 0.717) is 0 Å². The zero-order valence-electron chi connectivity index (χ0n) is 12.8. The average Bonchev–Trinajstić information content (AvgIpc) is 2.55. The van der Waals surface area contributed by atoms with Crippen molar-refractivity contribution in [2.24, 2.45) is 0 Å². The highest BCUT2D eigenvalue weighted by Gasteiger charge is 2.06. The van der Waals surface area contributed by atoms with Crippen molar-refractivity contribution >= 4 is 0 Å². The molecule has 0 aliphatic carbocycles. The lowest BCUT2D eigenvalue weighted by Gasteiger charge is -2.12. The summed E-state index contributed by atoms with van der Waals surface area (Å²) in [5.41, 5.74) is 3.49. The minimum atomic E-state index is 0.729. The van der Waals surface area contributed by atoms with Crippen LogP contribution in [0.25, 0.3) is 0 Å². The van der Waals surface area contributed by atoms with Crippen molar-refractivity contribution in [2.45, 2.75) is 26.4 Å². The molecule has 1 aromatic heterocycles. The second-order valence-corrected chi connectivity index (χ2v) is 4.74. The molecule has 0 saturated carbocycles. The minimum absolute atomic E-state index is 0.729. The van der Waals surface area contributed by atoms with Gasteiger partial charge in [-0.1, -0.05) is 19.1 Å². The van der Waals surface area contributed by atoms with Crippen molar-refractivity contribution < 1.29 is 9.47 Å². The molecule has 0 saturated heterocycles. The molecular weight excluding hydrogens is 264 g/mol. The predicted molar refractivity (Wildman–Crippen MR) is 83.7 cm³/mol. The molecule has 1 aromatic carbocycles. The van der Waals surface area contributed by atoms with Crippen molar-refractivity contribution in [2.75, 3.05) is 14.2 Å². The van der Waals surface area contributed by atoms with E-state index in [9.17, 15) is 0 Å². The van der Waals surface area contributed by atoms with Gasteiger partial charge < -0.3 is 14.8 Å². The summed E-state index contributed by atoms with van der Waals surface area (Å²) in [5.74, 6) is 1.63. The highest BCUT2D eigenvalue weighted by Crippen LogP contribution is 2.24. The summed E-state index contributed by atoms with van der Waals surface area (Å²) < 4.78 is 10.6. The summed E-state index contributed by atoms with van der Waals surface area (Å²) in [6.07, 6.45) is 2.83. The number of pyridine rings is 1. The highest BCUT2D eigenvalue weighted by molar-refractivity contribution is 5.40. The van der Waals surface area contributed by atoms with Gasteiger partial charge >= 0.3 is 0 Å². The Morgan fingerprint density at radius 1 is 1.05 bits per heavy atom. The Labute approximate surface area is 126 Å². The molecule has 1 heterocycles. The minimum Gasteiger partial charge on any atom is -0.497 e. The zero-order valence-corrected chi connectivity index (χ0v) is 12.8. The van der Waals surface area contributed by atoms with Gasteiger partial charge in [0.25, 0.3) is 0 Å². The summed E-state index contributed by atoms with van der Waals surface area (Å²) in [6.45, 7) is 3.62. The molecule has 21 heavy (non-hydrogen) atoms. The largest absolute Gasteiger partial charge is 0.497 e. The van der Waals surface area contributed by atoms with Crippen LogP contribution in [0.2, 0.25) is 0 Å². The van der Waals surface area contributed by atoms with Gasteiger partial charge in [0.2, 0.25) is 0 Å².